The first kappa shape index (κ1) is 17.5. The summed E-state index contributed by atoms with van der Waals surface area (Å²) in [5, 5.41) is 10.1. The number of nitrogens with zero attached hydrogens (tertiary/aromatic N) is 2. The number of benzene rings is 1. The Balaban J connectivity index is 1.57. The van der Waals surface area contributed by atoms with Crippen molar-refractivity contribution in [3.05, 3.63) is 36.0 Å². The number of hydrogen-bond donors (Lipinski definition) is 1. The average molecular weight is 342 g/mol. The third-order valence-electron chi connectivity index (χ3n) is 5.23. The van der Waals surface area contributed by atoms with Crippen LogP contribution in [0.1, 0.15) is 37.7 Å². The minimum absolute atomic E-state index is 0.188. The Morgan fingerprint density at radius 1 is 1.24 bits per heavy atom. The highest BCUT2D eigenvalue weighted by Crippen LogP contribution is 2.24. The van der Waals surface area contributed by atoms with Gasteiger partial charge in [-0.05, 0) is 43.2 Å². The predicted octanol–water partition coefficient (Wildman–Crippen LogP) is 3.21. The molecule has 1 aromatic carbocycles. The van der Waals surface area contributed by atoms with Gasteiger partial charge in [0.15, 0.2) is 0 Å². The second-order valence-electron chi connectivity index (χ2n) is 7.06. The molecule has 1 aliphatic heterocycles. The van der Waals surface area contributed by atoms with Gasteiger partial charge in [-0.3, -0.25) is 9.59 Å². The number of amides is 1. The summed E-state index contributed by atoms with van der Waals surface area (Å²) in [7, 11) is 2.03. The Labute approximate surface area is 148 Å². The molecular weight excluding hydrogens is 316 g/mol. The van der Waals surface area contributed by atoms with E-state index in [9.17, 15) is 9.59 Å². The van der Waals surface area contributed by atoms with E-state index in [1.807, 2.05) is 24.1 Å². The van der Waals surface area contributed by atoms with Gasteiger partial charge in [-0.2, -0.15) is 0 Å². The molecule has 2 heterocycles. The van der Waals surface area contributed by atoms with Crippen LogP contribution in [0, 0.1) is 5.92 Å². The van der Waals surface area contributed by atoms with Crippen LogP contribution in [0.5, 0.6) is 0 Å². The predicted molar refractivity (Wildman–Crippen MR) is 97.4 cm³/mol. The van der Waals surface area contributed by atoms with Crippen LogP contribution in [0.3, 0.4) is 0 Å². The SMILES string of the molecule is Cn1cc(CCC(=O)N2CCCC(CCC(=O)O)C2)c2ccccc21. The van der Waals surface area contributed by atoms with E-state index in [0.717, 1.165) is 25.8 Å². The van der Waals surface area contributed by atoms with E-state index in [1.54, 1.807) is 0 Å². The molecule has 5 heteroatoms. The van der Waals surface area contributed by atoms with Crippen molar-refractivity contribution in [2.75, 3.05) is 13.1 Å². The summed E-state index contributed by atoms with van der Waals surface area (Å²) in [6.07, 6.45) is 6.25. The van der Waals surface area contributed by atoms with Crippen LogP contribution in [-0.4, -0.2) is 39.5 Å². The first-order valence-corrected chi connectivity index (χ1v) is 9.07. The minimum Gasteiger partial charge on any atom is -0.481 e. The average Bonchev–Trinajstić information content (AvgIpc) is 2.94. The van der Waals surface area contributed by atoms with Crippen LogP contribution >= 0.6 is 0 Å². The third-order valence-corrected chi connectivity index (χ3v) is 5.23. The van der Waals surface area contributed by atoms with E-state index in [4.69, 9.17) is 5.11 Å². The largest absolute Gasteiger partial charge is 0.481 e. The molecule has 1 amide bonds. The van der Waals surface area contributed by atoms with Gasteiger partial charge in [0.2, 0.25) is 5.91 Å². The molecule has 1 N–H and O–H groups in total. The number of piperidine rings is 1. The molecule has 134 valence electrons. The molecule has 0 saturated carbocycles. The van der Waals surface area contributed by atoms with Crippen molar-refractivity contribution in [3.8, 4) is 0 Å². The fraction of sp³-hybridized carbons (Fsp3) is 0.500. The summed E-state index contributed by atoms with van der Waals surface area (Å²) < 4.78 is 2.11. The molecule has 0 bridgehead atoms. The standard InChI is InChI=1S/C20H26N2O3/c1-21-14-16(17-6-2-3-7-18(17)21)9-10-19(23)22-12-4-5-15(13-22)8-11-20(24)25/h2-3,6-7,14-15H,4-5,8-13H2,1H3,(H,24,25). The molecule has 1 fully saturated rings. The molecule has 3 rings (SSSR count). The van der Waals surface area contributed by atoms with Crippen molar-refractivity contribution < 1.29 is 14.7 Å². The minimum atomic E-state index is -0.751. The molecule has 25 heavy (non-hydrogen) atoms. The summed E-state index contributed by atoms with van der Waals surface area (Å²) >= 11 is 0. The number of carboxylic acid groups (broad SMARTS) is 1. The van der Waals surface area contributed by atoms with Crippen LogP contribution < -0.4 is 0 Å². The van der Waals surface area contributed by atoms with Gasteiger partial charge >= 0.3 is 5.97 Å². The monoisotopic (exact) mass is 342 g/mol. The molecule has 0 spiro atoms. The number of carboxylic acids is 1. The van der Waals surface area contributed by atoms with Crippen molar-refractivity contribution in [1.29, 1.82) is 0 Å². The topological polar surface area (TPSA) is 62.5 Å². The normalized spacial score (nSPS) is 17.8. The number of rotatable bonds is 6. The second-order valence-corrected chi connectivity index (χ2v) is 7.06. The number of carbonyl (C=O) groups excluding carboxylic acids is 1. The maximum Gasteiger partial charge on any atom is 0.303 e. The molecule has 1 aliphatic rings. The number of likely N-dealkylation sites (tertiary alicyclic amines) is 1. The number of fused-ring (bicyclic) bond motifs is 1. The van der Waals surface area contributed by atoms with E-state index < -0.39 is 5.97 Å². The highest BCUT2D eigenvalue weighted by molar-refractivity contribution is 5.85. The number of carbonyl (C=O) groups is 2. The maximum atomic E-state index is 12.6. The smallest absolute Gasteiger partial charge is 0.303 e. The number of aromatic nitrogens is 1. The molecule has 0 aliphatic carbocycles. The van der Waals surface area contributed by atoms with Crippen LogP contribution in [0.4, 0.5) is 0 Å². The van der Waals surface area contributed by atoms with Gasteiger partial charge < -0.3 is 14.6 Å². The summed E-state index contributed by atoms with van der Waals surface area (Å²) in [5.74, 6) is -0.237. The van der Waals surface area contributed by atoms with Gasteiger partial charge in [-0.15, -0.1) is 0 Å². The Bertz CT molecular complexity index is 765. The van der Waals surface area contributed by atoms with Gasteiger partial charge in [0.1, 0.15) is 0 Å². The lowest BCUT2D eigenvalue weighted by Gasteiger charge is -2.32. The second kappa shape index (κ2) is 7.72. The van der Waals surface area contributed by atoms with E-state index in [2.05, 4.69) is 22.9 Å². The first-order valence-electron chi connectivity index (χ1n) is 9.07. The number of aliphatic carboxylic acids is 1. The zero-order chi connectivity index (χ0) is 17.8. The fourth-order valence-electron chi connectivity index (χ4n) is 3.88. The number of para-hydroxylation sites is 1. The Kier molecular flexibility index (Phi) is 5.41. The quantitative estimate of drug-likeness (QED) is 0.877. The molecule has 1 atom stereocenters. The molecule has 1 saturated heterocycles. The Morgan fingerprint density at radius 2 is 2.04 bits per heavy atom. The molecule has 1 unspecified atom stereocenters. The fourth-order valence-corrected chi connectivity index (χ4v) is 3.88. The van der Waals surface area contributed by atoms with Crippen LogP contribution in [0.25, 0.3) is 10.9 Å². The first-order chi connectivity index (χ1) is 12.0. The van der Waals surface area contributed by atoms with Crippen molar-refractivity contribution in [1.82, 2.24) is 9.47 Å². The van der Waals surface area contributed by atoms with Gasteiger partial charge in [-0.1, -0.05) is 18.2 Å². The highest BCUT2D eigenvalue weighted by Gasteiger charge is 2.24. The van der Waals surface area contributed by atoms with Crippen molar-refractivity contribution >= 4 is 22.8 Å². The Morgan fingerprint density at radius 3 is 2.84 bits per heavy atom. The maximum absolute atomic E-state index is 12.6. The summed E-state index contributed by atoms with van der Waals surface area (Å²) in [4.78, 5) is 25.3. The summed E-state index contributed by atoms with van der Waals surface area (Å²) in [5.41, 5.74) is 2.41. The third kappa shape index (κ3) is 4.21. The molecule has 2 aromatic rings. The molecule has 1 aromatic heterocycles. The lowest BCUT2D eigenvalue weighted by atomic mass is 9.93. The number of hydrogen-bond acceptors (Lipinski definition) is 2. The van der Waals surface area contributed by atoms with Crippen LogP contribution in [0.15, 0.2) is 30.5 Å². The highest BCUT2D eigenvalue weighted by atomic mass is 16.4. The van der Waals surface area contributed by atoms with Gasteiger partial charge in [-0.25, -0.2) is 0 Å². The van der Waals surface area contributed by atoms with Gasteiger partial charge in [0.25, 0.3) is 0 Å². The van der Waals surface area contributed by atoms with Crippen LogP contribution in [-0.2, 0) is 23.1 Å². The van der Waals surface area contributed by atoms with E-state index in [0.29, 0.717) is 25.3 Å². The van der Waals surface area contributed by atoms with Gasteiger partial charge in [0.05, 0.1) is 0 Å². The van der Waals surface area contributed by atoms with E-state index in [1.165, 1.54) is 16.5 Å². The number of aryl methyl sites for hydroxylation is 2. The summed E-state index contributed by atoms with van der Waals surface area (Å²) in [6.45, 7) is 1.51. The van der Waals surface area contributed by atoms with E-state index >= 15 is 0 Å². The molecule has 0 radical (unpaired) electrons. The zero-order valence-electron chi connectivity index (χ0n) is 14.8. The van der Waals surface area contributed by atoms with Crippen molar-refractivity contribution in [2.45, 2.75) is 38.5 Å². The zero-order valence-corrected chi connectivity index (χ0v) is 14.8. The summed E-state index contributed by atoms with van der Waals surface area (Å²) in [6, 6.07) is 8.27. The van der Waals surface area contributed by atoms with Crippen molar-refractivity contribution in [2.24, 2.45) is 13.0 Å². The van der Waals surface area contributed by atoms with Gasteiger partial charge in [0, 0.05) is 50.1 Å². The van der Waals surface area contributed by atoms with Crippen molar-refractivity contribution in [3.63, 3.8) is 0 Å². The molecular formula is C20H26N2O3. The van der Waals surface area contributed by atoms with Crippen LogP contribution in [0.2, 0.25) is 0 Å². The molecule has 5 nitrogen and oxygen atoms in total. The lowest BCUT2D eigenvalue weighted by Crippen LogP contribution is -2.40. The van der Waals surface area contributed by atoms with E-state index in [-0.39, 0.29) is 12.3 Å². The Hall–Kier alpha value is -2.30. The lowest BCUT2D eigenvalue weighted by molar-refractivity contribution is -0.137.